The van der Waals surface area contributed by atoms with Crippen LogP contribution in [0.4, 0.5) is 10.6 Å². The van der Waals surface area contributed by atoms with Crippen molar-refractivity contribution in [2.45, 2.75) is 25.0 Å². The first kappa shape index (κ1) is 14.7. The minimum Gasteiger partial charge on any atom is -0.446 e. The summed E-state index contributed by atoms with van der Waals surface area (Å²) >= 11 is 5.95. The van der Waals surface area contributed by atoms with E-state index in [1.807, 2.05) is 36.4 Å². The van der Waals surface area contributed by atoms with Gasteiger partial charge in [0.15, 0.2) is 0 Å². The van der Waals surface area contributed by atoms with Crippen LogP contribution in [0.2, 0.25) is 5.02 Å². The Bertz CT molecular complexity index is 675. The van der Waals surface area contributed by atoms with Crippen molar-refractivity contribution in [2.24, 2.45) is 5.73 Å². The van der Waals surface area contributed by atoms with E-state index in [4.69, 9.17) is 22.1 Å². The third-order valence-electron chi connectivity index (χ3n) is 3.58. The molecule has 1 heterocycles. The molecule has 0 bridgehead atoms. The van der Waals surface area contributed by atoms with Crippen molar-refractivity contribution in [3.05, 3.63) is 58.7 Å². The fourth-order valence-corrected chi connectivity index (χ4v) is 2.58. The molecular formula is C16H16ClN3O2. The highest BCUT2D eigenvalue weighted by Gasteiger charge is 2.41. The van der Waals surface area contributed by atoms with Gasteiger partial charge in [0.25, 0.3) is 0 Å². The normalized spacial score (nSPS) is 19.5. The lowest BCUT2D eigenvalue weighted by molar-refractivity contribution is 0.147. The Morgan fingerprint density at radius 3 is 2.95 bits per heavy atom. The molecule has 2 atom stereocenters. The minimum absolute atomic E-state index is 0.107. The number of halogens is 1. The predicted octanol–water partition coefficient (Wildman–Crippen LogP) is 3.30. The zero-order valence-corrected chi connectivity index (χ0v) is 12.6. The molecule has 0 saturated heterocycles. The van der Waals surface area contributed by atoms with Crippen molar-refractivity contribution in [3.63, 3.8) is 0 Å². The first-order valence-corrected chi connectivity index (χ1v) is 7.40. The molecule has 2 aromatic rings. The quantitative estimate of drug-likeness (QED) is 0.887. The van der Waals surface area contributed by atoms with Crippen molar-refractivity contribution in [1.82, 2.24) is 4.98 Å². The molecule has 0 radical (unpaired) electrons. The number of amides is 1. The number of carbonyl (C=O) groups excluding carboxylic acids is 1. The first-order chi connectivity index (χ1) is 10.6. The molecule has 0 spiro atoms. The Morgan fingerprint density at radius 2 is 2.27 bits per heavy atom. The highest BCUT2D eigenvalue weighted by Crippen LogP contribution is 2.43. The van der Waals surface area contributed by atoms with Gasteiger partial charge in [0.05, 0.1) is 0 Å². The lowest BCUT2D eigenvalue weighted by Gasteiger charge is -2.07. The number of nitrogens with two attached hydrogens (primary N) is 1. The van der Waals surface area contributed by atoms with E-state index in [-0.39, 0.29) is 12.0 Å². The average molecular weight is 318 g/mol. The van der Waals surface area contributed by atoms with Crippen LogP contribution in [-0.2, 0) is 11.3 Å². The number of ether oxygens (including phenoxy) is 1. The summed E-state index contributed by atoms with van der Waals surface area (Å²) in [6.07, 6.45) is 1.78. The topological polar surface area (TPSA) is 77.2 Å². The van der Waals surface area contributed by atoms with Crippen molar-refractivity contribution in [3.8, 4) is 0 Å². The van der Waals surface area contributed by atoms with E-state index in [1.165, 1.54) is 0 Å². The Kier molecular flexibility index (Phi) is 4.15. The fraction of sp³-hybridized carbons (Fsp3) is 0.250. The first-order valence-electron chi connectivity index (χ1n) is 7.02. The molecule has 1 aliphatic carbocycles. The summed E-state index contributed by atoms with van der Waals surface area (Å²) < 4.78 is 4.96. The van der Waals surface area contributed by atoms with E-state index >= 15 is 0 Å². The SMILES string of the molecule is NC(=O)OC1CC1c1ccc(NCc2cccc(Cl)c2)nc1. The number of primary amides is 1. The summed E-state index contributed by atoms with van der Waals surface area (Å²) in [4.78, 5) is 15.1. The lowest BCUT2D eigenvalue weighted by atomic mass is 10.2. The summed E-state index contributed by atoms with van der Waals surface area (Å²) in [6, 6.07) is 11.6. The van der Waals surface area contributed by atoms with Crippen LogP contribution in [0.25, 0.3) is 0 Å². The number of nitrogens with zero attached hydrogens (tertiary/aromatic N) is 1. The van der Waals surface area contributed by atoms with E-state index in [9.17, 15) is 4.79 Å². The van der Waals surface area contributed by atoms with Gasteiger partial charge in [-0.15, -0.1) is 0 Å². The second-order valence-electron chi connectivity index (χ2n) is 5.28. The number of pyridine rings is 1. The van der Waals surface area contributed by atoms with E-state index in [0.717, 1.165) is 28.4 Å². The molecular weight excluding hydrogens is 302 g/mol. The third kappa shape index (κ3) is 3.68. The van der Waals surface area contributed by atoms with E-state index in [1.54, 1.807) is 6.20 Å². The maximum Gasteiger partial charge on any atom is 0.404 e. The van der Waals surface area contributed by atoms with Crippen molar-refractivity contribution in [2.75, 3.05) is 5.32 Å². The molecule has 1 aromatic carbocycles. The molecule has 3 N–H and O–H groups in total. The minimum atomic E-state index is -0.722. The zero-order valence-electron chi connectivity index (χ0n) is 11.8. The molecule has 0 aliphatic heterocycles. The number of anilines is 1. The maximum absolute atomic E-state index is 10.7. The van der Waals surface area contributed by atoms with Crippen molar-refractivity contribution >= 4 is 23.5 Å². The second kappa shape index (κ2) is 6.23. The third-order valence-corrected chi connectivity index (χ3v) is 3.81. The monoisotopic (exact) mass is 317 g/mol. The van der Waals surface area contributed by atoms with Crippen molar-refractivity contribution < 1.29 is 9.53 Å². The van der Waals surface area contributed by atoms with Crippen LogP contribution >= 0.6 is 11.6 Å². The van der Waals surface area contributed by atoms with Gasteiger partial charge >= 0.3 is 6.09 Å². The smallest absolute Gasteiger partial charge is 0.404 e. The van der Waals surface area contributed by atoms with Gasteiger partial charge in [-0.25, -0.2) is 9.78 Å². The molecule has 1 aliphatic rings. The number of rotatable bonds is 5. The highest BCUT2D eigenvalue weighted by atomic mass is 35.5. The Balaban J connectivity index is 1.55. The molecule has 5 nitrogen and oxygen atoms in total. The van der Waals surface area contributed by atoms with Gasteiger partial charge in [0.1, 0.15) is 11.9 Å². The number of hydrogen-bond donors (Lipinski definition) is 2. The molecule has 114 valence electrons. The van der Waals surface area contributed by atoms with Crippen LogP contribution in [0.15, 0.2) is 42.6 Å². The number of hydrogen-bond acceptors (Lipinski definition) is 4. The molecule has 22 heavy (non-hydrogen) atoms. The predicted molar refractivity (Wildman–Crippen MR) is 84.8 cm³/mol. The molecule has 1 saturated carbocycles. The number of carbonyl (C=O) groups is 1. The Labute approximate surface area is 133 Å². The Hall–Kier alpha value is -2.27. The summed E-state index contributed by atoms with van der Waals surface area (Å²) in [5.74, 6) is 0.999. The van der Waals surface area contributed by atoms with Crippen LogP contribution in [0.3, 0.4) is 0 Å². The van der Waals surface area contributed by atoms with Gasteiger partial charge in [-0.3, -0.25) is 0 Å². The molecule has 2 unspecified atom stereocenters. The van der Waals surface area contributed by atoms with Crippen molar-refractivity contribution in [1.29, 1.82) is 0 Å². The molecule has 3 rings (SSSR count). The van der Waals surface area contributed by atoms with Gasteiger partial charge in [-0.2, -0.15) is 0 Å². The van der Waals surface area contributed by atoms with Crippen LogP contribution in [-0.4, -0.2) is 17.2 Å². The zero-order chi connectivity index (χ0) is 15.5. The van der Waals surface area contributed by atoms with Gasteiger partial charge in [-0.1, -0.05) is 29.8 Å². The number of nitrogens with one attached hydrogen (secondary N) is 1. The summed E-state index contributed by atoms with van der Waals surface area (Å²) in [7, 11) is 0. The number of aromatic nitrogens is 1. The molecule has 1 fully saturated rings. The van der Waals surface area contributed by atoms with E-state index in [0.29, 0.717) is 6.54 Å². The van der Waals surface area contributed by atoms with Crippen LogP contribution < -0.4 is 11.1 Å². The maximum atomic E-state index is 10.7. The number of benzene rings is 1. The van der Waals surface area contributed by atoms with Gasteiger partial charge in [0, 0.05) is 23.7 Å². The summed E-state index contributed by atoms with van der Waals surface area (Å²) in [6.45, 7) is 0.656. The van der Waals surface area contributed by atoms with Gasteiger partial charge < -0.3 is 15.8 Å². The highest BCUT2D eigenvalue weighted by molar-refractivity contribution is 6.30. The molecule has 6 heteroatoms. The van der Waals surface area contributed by atoms with E-state index < -0.39 is 6.09 Å². The lowest BCUT2D eigenvalue weighted by Crippen LogP contribution is -2.14. The average Bonchev–Trinajstić information content (AvgIpc) is 3.24. The van der Waals surface area contributed by atoms with Crippen LogP contribution in [0.5, 0.6) is 0 Å². The molecule has 1 amide bonds. The molecule has 1 aromatic heterocycles. The Morgan fingerprint density at radius 1 is 1.41 bits per heavy atom. The van der Waals surface area contributed by atoms with Gasteiger partial charge in [-0.05, 0) is 35.7 Å². The summed E-state index contributed by atoms with van der Waals surface area (Å²) in [5.41, 5.74) is 7.16. The van der Waals surface area contributed by atoms with Crippen LogP contribution in [0, 0.1) is 0 Å². The van der Waals surface area contributed by atoms with E-state index in [2.05, 4.69) is 10.3 Å². The largest absolute Gasteiger partial charge is 0.446 e. The standard InChI is InChI=1S/C16H16ClN3O2/c17-12-3-1-2-10(6-12)8-19-15-5-4-11(9-20-15)13-7-14(13)22-16(18)21/h1-6,9,13-14H,7-8H2,(H2,18,21)(H,19,20). The summed E-state index contributed by atoms with van der Waals surface area (Å²) in [5, 5.41) is 3.96. The second-order valence-corrected chi connectivity index (χ2v) is 5.71. The fourth-order valence-electron chi connectivity index (χ4n) is 2.37. The van der Waals surface area contributed by atoms with Gasteiger partial charge in [0.2, 0.25) is 0 Å². The van der Waals surface area contributed by atoms with Crippen LogP contribution in [0.1, 0.15) is 23.5 Å².